The van der Waals surface area contributed by atoms with E-state index in [1.807, 2.05) is 36.4 Å². The van der Waals surface area contributed by atoms with Gasteiger partial charge in [0.15, 0.2) is 5.16 Å². The predicted molar refractivity (Wildman–Crippen MR) is 131 cm³/mol. The average Bonchev–Trinajstić information content (AvgIpc) is 3.12. The molecule has 0 bridgehead atoms. The van der Waals surface area contributed by atoms with Gasteiger partial charge in [0.2, 0.25) is 0 Å². The van der Waals surface area contributed by atoms with Crippen molar-refractivity contribution in [2.45, 2.75) is 23.9 Å². The van der Waals surface area contributed by atoms with Gasteiger partial charge in [0.05, 0.1) is 11.1 Å². The van der Waals surface area contributed by atoms with Crippen molar-refractivity contribution in [2.24, 2.45) is 0 Å². The Labute approximate surface area is 198 Å². The van der Waals surface area contributed by atoms with Gasteiger partial charge in [0.1, 0.15) is 4.83 Å². The first-order valence-electron chi connectivity index (χ1n) is 9.88. The molecule has 0 atom stereocenters. The number of rotatable bonds is 4. The molecular formula is C23H19Cl2N3OS2. The lowest BCUT2D eigenvalue weighted by Crippen LogP contribution is -2.27. The number of halogens is 2. The van der Waals surface area contributed by atoms with Crippen LogP contribution in [0.3, 0.4) is 0 Å². The molecule has 2 aromatic heterocycles. The fourth-order valence-corrected chi connectivity index (χ4v) is 6.36. The molecule has 4 aromatic rings. The first-order chi connectivity index (χ1) is 15.0. The summed E-state index contributed by atoms with van der Waals surface area (Å²) in [6.07, 6.45) is 0.876. The molecule has 31 heavy (non-hydrogen) atoms. The molecule has 158 valence electrons. The fraction of sp³-hybridized carbons (Fsp3) is 0.217. The summed E-state index contributed by atoms with van der Waals surface area (Å²) in [5.74, 6) is 0.691. The Balaban J connectivity index is 1.65. The molecule has 0 N–H and O–H groups in total. The minimum absolute atomic E-state index is 0.00650. The second-order valence-corrected chi connectivity index (χ2v) is 10.5. The van der Waals surface area contributed by atoms with Gasteiger partial charge in [-0.2, -0.15) is 0 Å². The third-order valence-corrected chi connectivity index (χ3v) is 8.02. The fourth-order valence-electron chi connectivity index (χ4n) is 3.79. The normalized spacial score (nSPS) is 14.2. The molecule has 2 aromatic carbocycles. The van der Waals surface area contributed by atoms with Crippen molar-refractivity contribution in [3.05, 3.63) is 84.9 Å². The Kier molecular flexibility index (Phi) is 5.84. The molecule has 0 saturated heterocycles. The van der Waals surface area contributed by atoms with Crippen LogP contribution in [0.25, 0.3) is 15.9 Å². The molecule has 3 heterocycles. The van der Waals surface area contributed by atoms with Gasteiger partial charge in [-0.3, -0.25) is 9.36 Å². The minimum atomic E-state index is -0.00650. The molecule has 0 amide bonds. The quantitative estimate of drug-likeness (QED) is 0.260. The van der Waals surface area contributed by atoms with E-state index in [1.165, 1.54) is 4.88 Å². The van der Waals surface area contributed by atoms with Crippen molar-refractivity contribution < 1.29 is 0 Å². The monoisotopic (exact) mass is 487 g/mol. The second kappa shape index (κ2) is 8.60. The molecule has 0 unspecified atom stereocenters. The molecule has 1 aliphatic heterocycles. The summed E-state index contributed by atoms with van der Waals surface area (Å²) in [5, 5.41) is 2.79. The van der Waals surface area contributed by atoms with Crippen LogP contribution in [0.15, 0.2) is 58.5 Å². The summed E-state index contributed by atoms with van der Waals surface area (Å²) >= 11 is 15.3. The van der Waals surface area contributed by atoms with E-state index in [1.54, 1.807) is 39.8 Å². The Morgan fingerprint density at radius 1 is 1.06 bits per heavy atom. The summed E-state index contributed by atoms with van der Waals surface area (Å²) in [5.41, 5.74) is 3.05. The Hall–Kier alpha value is -1.83. The zero-order valence-corrected chi connectivity index (χ0v) is 19.9. The maximum atomic E-state index is 13.8. The van der Waals surface area contributed by atoms with Crippen molar-refractivity contribution in [3.8, 4) is 5.69 Å². The second-order valence-electron chi connectivity index (χ2n) is 7.60. The Morgan fingerprint density at radius 3 is 2.45 bits per heavy atom. The summed E-state index contributed by atoms with van der Waals surface area (Å²) < 4.78 is 1.73. The lowest BCUT2D eigenvalue weighted by atomic mass is 10.1. The Bertz CT molecular complexity index is 1310. The van der Waals surface area contributed by atoms with E-state index < -0.39 is 0 Å². The highest BCUT2D eigenvalue weighted by Crippen LogP contribution is 2.34. The molecular weight excluding hydrogens is 469 g/mol. The molecule has 5 rings (SSSR count). The average molecular weight is 488 g/mol. The smallest absolute Gasteiger partial charge is 0.267 e. The molecule has 0 saturated carbocycles. The van der Waals surface area contributed by atoms with E-state index in [0.29, 0.717) is 21.0 Å². The lowest BCUT2D eigenvalue weighted by molar-refractivity contribution is 0.318. The number of likely N-dealkylation sites (N-methyl/N-ethyl adjacent to an activating group) is 1. The predicted octanol–water partition coefficient (Wildman–Crippen LogP) is 6.03. The number of aromatic nitrogens is 2. The number of benzene rings is 2. The first kappa shape index (κ1) is 21.0. The molecule has 0 aliphatic carbocycles. The molecule has 8 heteroatoms. The highest BCUT2D eigenvalue weighted by atomic mass is 35.5. The third-order valence-electron chi connectivity index (χ3n) is 5.40. The number of thiophene rings is 1. The van der Waals surface area contributed by atoms with Crippen LogP contribution in [-0.2, 0) is 18.7 Å². The molecule has 1 aliphatic rings. The van der Waals surface area contributed by atoms with E-state index in [4.69, 9.17) is 28.2 Å². The largest absolute Gasteiger partial charge is 0.301 e. The maximum absolute atomic E-state index is 13.8. The summed E-state index contributed by atoms with van der Waals surface area (Å²) in [6.45, 7) is 1.82. The summed E-state index contributed by atoms with van der Waals surface area (Å²) in [4.78, 5) is 23.1. The zero-order valence-electron chi connectivity index (χ0n) is 16.8. The van der Waals surface area contributed by atoms with Crippen molar-refractivity contribution in [3.63, 3.8) is 0 Å². The van der Waals surface area contributed by atoms with Crippen LogP contribution in [0.4, 0.5) is 0 Å². The highest BCUT2D eigenvalue weighted by molar-refractivity contribution is 7.98. The van der Waals surface area contributed by atoms with Crippen LogP contribution < -0.4 is 5.56 Å². The summed E-state index contributed by atoms with van der Waals surface area (Å²) in [6, 6.07) is 15.1. The minimum Gasteiger partial charge on any atom is -0.301 e. The van der Waals surface area contributed by atoms with Crippen molar-refractivity contribution in [2.75, 3.05) is 13.6 Å². The number of thioether (sulfide) groups is 1. The first-order valence-corrected chi connectivity index (χ1v) is 12.4. The van der Waals surface area contributed by atoms with Crippen LogP contribution in [0, 0.1) is 0 Å². The van der Waals surface area contributed by atoms with E-state index in [2.05, 4.69) is 11.9 Å². The van der Waals surface area contributed by atoms with Gasteiger partial charge in [0, 0.05) is 33.8 Å². The van der Waals surface area contributed by atoms with Crippen molar-refractivity contribution in [1.82, 2.24) is 14.5 Å². The van der Waals surface area contributed by atoms with Gasteiger partial charge >= 0.3 is 0 Å². The van der Waals surface area contributed by atoms with Gasteiger partial charge in [-0.15, -0.1) is 11.3 Å². The zero-order chi connectivity index (χ0) is 21.5. The van der Waals surface area contributed by atoms with Crippen LogP contribution in [-0.4, -0.2) is 28.0 Å². The van der Waals surface area contributed by atoms with Crippen molar-refractivity contribution in [1.29, 1.82) is 0 Å². The molecule has 0 radical (unpaired) electrons. The van der Waals surface area contributed by atoms with Gasteiger partial charge in [-0.1, -0.05) is 47.1 Å². The molecule has 0 spiro atoms. The van der Waals surface area contributed by atoms with E-state index in [0.717, 1.165) is 46.5 Å². The van der Waals surface area contributed by atoms with E-state index in [-0.39, 0.29) is 5.56 Å². The van der Waals surface area contributed by atoms with Gasteiger partial charge in [0.25, 0.3) is 5.56 Å². The lowest BCUT2D eigenvalue weighted by Gasteiger charge is -2.21. The summed E-state index contributed by atoms with van der Waals surface area (Å²) in [7, 11) is 2.11. The molecule has 0 fully saturated rings. The topological polar surface area (TPSA) is 38.1 Å². The number of fused-ring (bicyclic) bond motifs is 3. The standard InChI is InChI=1S/C23H19Cl2N3OS2/c1-27-11-10-18-19(12-27)31-21-20(18)22(29)28(17-8-6-16(25)7-9-17)23(26-21)30-13-14-2-4-15(24)5-3-14/h2-9H,10-13H2,1H3. The number of hydrogen-bond acceptors (Lipinski definition) is 5. The Morgan fingerprint density at radius 2 is 1.74 bits per heavy atom. The van der Waals surface area contributed by atoms with Gasteiger partial charge in [-0.25, -0.2) is 4.98 Å². The van der Waals surface area contributed by atoms with Gasteiger partial charge in [-0.05, 0) is 61.0 Å². The van der Waals surface area contributed by atoms with E-state index in [9.17, 15) is 4.79 Å². The highest BCUT2D eigenvalue weighted by Gasteiger charge is 2.24. The van der Waals surface area contributed by atoms with Crippen molar-refractivity contribution >= 4 is 56.5 Å². The molecule has 4 nitrogen and oxygen atoms in total. The maximum Gasteiger partial charge on any atom is 0.267 e. The third kappa shape index (κ3) is 4.15. The van der Waals surface area contributed by atoms with E-state index >= 15 is 0 Å². The number of hydrogen-bond donors (Lipinski definition) is 0. The number of nitrogens with zero attached hydrogens (tertiary/aromatic N) is 3. The van der Waals surface area contributed by atoms with Crippen LogP contribution in [0.2, 0.25) is 10.0 Å². The SMILES string of the molecule is CN1CCc2c(sc3nc(SCc4ccc(Cl)cc4)n(-c4ccc(Cl)cc4)c(=O)c23)C1. The van der Waals surface area contributed by atoms with Crippen LogP contribution >= 0.6 is 46.3 Å². The van der Waals surface area contributed by atoms with Gasteiger partial charge < -0.3 is 4.90 Å². The van der Waals surface area contributed by atoms with Crippen LogP contribution in [0.5, 0.6) is 0 Å². The van der Waals surface area contributed by atoms with Crippen LogP contribution in [0.1, 0.15) is 16.0 Å².